The first-order valence-electron chi connectivity index (χ1n) is 14.9. The standard InChI is InChI=1S/C30H56O4/c1-4-5-6-7-8-9-10-11-12-14-17-23-33-29(31)27-21-19-22-28(25-27)30(32)34-24-18-15-13-16-20-26(2)3/h26-28H,4-25H2,1-3H3. The molecule has 1 rings (SSSR count). The molecular weight excluding hydrogens is 424 g/mol. The predicted molar refractivity (Wildman–Crippen MR) is 142 cm³/mol. The SMILES string of the molecule is CCCCCCCCCCCCCOC(=O)C1CCCC(C(=O)OCCCCCCC(C)C)C1. The van der Waals surface area contributed by atoms with Gasteiger partial charge in [-0.2, -0.15) is 0 Å². The summed E-state index contributed by atoms with van der Waals surface area (Å²) in [5, 5.41) is 0. The second-order valence-corrected chi connectivity index (χ2v) is 11.0. The van der Waals surface area contributed by atoms with Crippen molar-refractivity contribution in [3.63, 3.8) is 0 Å². The Hall–Kier alpha value is -1.06. The molecule has 1 aliphatic carbocycles. The van der Waals surface area contributed by atoms with Gasteiger partial charge < -0.3 is 9.47 Å². The number of rotatable bonds is 21. The minimum absolute atomic E-state index is 0.102. The van der Waals surface area contributed by atoms with Gasteiger partial charge in [0.25, 0.3) is 0 Å². The average Bonchev–Trinajstić information content (AvgIpc) is 2.83. The van der Waals surface area contributed by atoms with Crippen molar-refractivity contribution in [3.05, 3.63) is 0 Å². The van der Waals surface area contributed by atoms with E-state index in [1.165, 1.54) is 77.0 Å². The summed E-state index contributed by atoms with van der Waals surface area (Å²) in [6.07, 6.45) is 23.2. The van der Waals surface area contributed by atoms with E-state index in [0.29, 0.717) is 19.6 Å². The molecule has 34 heavy (non-hydrogen) atoms. The first-order valence-corrected chi connectivity index (χ1v) is 14.9. The van der Waals surface area contributed by atoms with E-state index in [4.69, 9.17) is 9.47 Å². The number of hydrogen-bond donors (Lipinski definition) is 0. The van der Waals surface area contributed by atoms with Crippen LogP contribution in [0.1, 0.15) is 149 Å². The van der Waals surface area contributed by atoms with Gasteiger partial charge >= 0.3 is 11.9 Å². The summed E-state index contributed by atoms with van der Waals surface area (Å²) >= 11 is 0. The van der Waals surface area contributed by atoms with E-state index in [-0.39, 0.29) is 23.8 Å². The summed E-state index contributed by atoms with van der Waals surface area (Å²) in [6, 6.07) is 0. The van der Waals surface area contributed by atoms with Crippen LogP contribution in [0, 0.1) is 17.8 Å². The molecule has 0 spiro atoms. The summed E-state index contributed by atoms with van der Waals surface area (Å²) in [7, 11) is 0. The van der Waals surface area contributed by atoms with Gasteiger partial charge in [0, 0.05) is 0 Å². The van der Waals surface area contributed by atoms with Crippen molar-refractivity contribution in [1.82, 2.24) is 0 Å². The van der Waals surface area contributed by atoms with Crippen molar-refractivity contribution >= 4 is 11.9 Å². The Morgan fingerprint density at radius 2 is 1.06 bits per heavy atom. The predicted octanol–water partition coefficient (Wildman–Crippen LogP) is 8.80. The highest BCUT2D eigenvalue weighted by Crippen LogP contribution is 2.31. The van der Waals surface area contributed by atoms with Gasteiger partial charge in [-0.05, 0) is 38.0 Å². The monoisotopic (exact) mass is 480 g/mol. The molecule has 4 heteroatoms. The normalized spacial score (nSPS) is 18.2. The molecule has 1 saturated carbocycles. The zero-order valence-corrected chi connectivity index (χ0v) is 22.9. The number of carbonyl (C=O) groups excluding carboxylic acids is 2. The van der Waals surface area contributed by atoms with Crippen LogP contribution in [-0.4, -0.2) is 25.2 Å². The lowest BCUT2D eigenvalue weighted by Gasteiger charge is -2.26. The highest BCUT2D eigenvalue weighted by atomic mass is 16.5. The highest BCUT2D eigenvalue weighted by Gasteiger charge is 2.32. The van der Waals surface area contributed by atoms with Crippen LogP contribution in [0.3, 0.4) is 0 Å². The quantitative estimate of drug-likeness (QED) is 0.122. The minimum atomic E-state index is -0.130. The number of carbonyl (C=O) groups is 2. The first kappa shape index (κ1) is 31.0. The van der Waals surface area contributed by atoms with Crippen molar-refractivity contribution in [1.29, 1.82) is 0 Å². The van der Waals surface area contributed by atoms with Gasteiger partial charge in [-0.1, -0.05) is 117 Å². The van der Waals surface area contributed by atoms with Crippen LogP contribution in [0.5, 0.6) is 0 Å². The summed E-state index contributed by atoms with van der Waals surface area (Å²) in [4.78, 5) is 24.9. The van der Waals surface area contributed by atoms with Gasteiger partial charge in [-0.15, -0.1) is 0 Å². The third kappa shape index (κ3) is 16.5. The Kier molecular flexibility index (Phi) is 19.3. The van der Waals surface area contributed by atoms with E-state index in [1.54, 1.807) is 0 Å². The molecule has 4 nitrogen and oxygen atoms in total. The minimum Gasteiger partial charge on any atom is -0.465 e. The fourth-order valence-electron chi connectivity index (χ4n) is 4.97. The van der Waals surface area contributed by atoms with Crippen LogP contribution in [0.4, 0.5) is 0 Å². The van der Waals surface area contributed by atoms with E-state index in [2.05, 4.69) is 20.8 Å². The lowest BCUT2D eigenvalue weighted by molar-refractivity contribution is -0.155. The molecule has 2 atom stereocenters. The molecule has 0 aromatic carbocycles. The van der Waals surface area contributed by atoms with Gasteiger partial charge in [0.05, 0.1) is 25.0 Å². The molecule has 0 saturated heterocycles. The number of ether oxygens (including phenoxy) is 2. The number of esters is 2. The van der Waals surface area contributed by atoms with Crippen molar-refractivity contribution in [2.24, 2.45) is 17.8 Å². The molecule has 0 amide bonds. The Bertz CT molecular complexity index is 502. The van der Waals surface area contributed by atoms with Crippen molar-refractivity contribution < 1.29 is 19.1 Å². The van der Waals surface area contributed by atoms with Gasteiger partial charge in [0.1, 0.15) is 0 Å². The first-order chi connectivity index (χ1) is 16.5. The Labute approximate surface area is 211 Å². The van der Waals surface area contributed by atoms with Crippen LogP contribution in [-0.2, 0) is 19.1 Å². The van der Waals surface area contributed by atoms with Crippen molar-refractivity contribution in [3.8, 4) is 0 Å². The van der Waals surface area contributed by atoms with Crippen molar-refractivity contribution in [2.45, 2.75) is 149 Å². The summed E-state index contributed by atoms with van der Waals surface area (Å²) in [5.74, 6) is 0.299. The molecule has 0 N–H and O–H groups in total. The zero-order chi connectivity index (χ0) is 24.9. The smallest absolute Gasteiger partial charge is 0.308 e. The molecule has 1 fully saturated rings. The fraction of sp³-hybridized carbons (Fsp3) is 0.933. The molecule has 200 valence electrons. The van der Waals surface area contributed by atoms with Crippen molar-refractivity contribution in [2.75, 3.05) is 13.2 Å². The maximum absolute atomic E-state index is 12.5. The van der Waals surface area contributed by atoms with Crippen LogP contribution < -0.4 is 0 Å². The van der Waals surface area contributed by atoms with Crippen LogP contribution in [0.2, 0.25) is 0 Å². The topological polar surface area (TPSA) is 52.6 Å². The third-order valence-electron chi connectivity index (χ3n) is 7.25. The van der Waals surface area contributed by atoms with Gasteiger partial charge in [-0.3, -0.25) is 9.59 Å². The lowest BCUT2D eigenvalue weighted by atomic mass is 9.81. The van der Waals surface area contributed by atoms with E-state index < -0.39 is 0 Å². The maximum atomic E-state index is 12.5. The molecule has 0 aliphatic heterocycles. The van der Waals surface area contributed by atoms with Gasteiger partial charge in [-0.25, -0.2) is 0 Å². The average molecular weight is 481 g/mol. The van der Waals surface area contributed by atoms with E-state index >= 15 is 0 Å². The largest absolute Gasteiger partial charge is 0.465 e. The summed E-state index contributed by atoms with van der Waals surface area (Å²) in [5.41, 5.74) is 0. The van der Waals surface area contributed by atoms with Crippen LogP contribution >= 0.6 is 0 Å². The Balaban J connectivity index is 2.02. The molecular formula is C30H56O4. The third-order valence-corrected chi connectivity index (χ3v) is 7.25. The van der Waals surface area contributed by atoms with Crippen LogP contribution in [0.25, 0.3) is 0 Å². The molecule has 0 radical (unpaired) electrons. The molecule has 2 unspecified atom stereocenters. The highest BCUT2D eigenvalue weighted by molar-refractivity contribution is 5.76. The molecule has 0 bridgehead atoms. The maximum Gasteiger partial charge on any atom is 0.308 e. The number of unbranched alkanes of at least 4 members (excludes halogenated alkanes) is 13. The zero-order valence-electron chi connectivity index (χ0n) is 22.9. The van der Waals surface area contributed by atoms with Gasteiger partial charge in [0.2, 0.25) is 0 Å². The lowest BCUT2D eigenvalue weighted by Crippen LogP contribution is -2.30. The summed E-state index contributed by atoms with van der Waals surface area (Å²) in [6.45, 7) is 7.82. The Morgan fingerprint density at radius 1 is 0.647 bits per heavy atom. The number of hydrogen-bond acceptors (Lipinski definition) is 4. The second-order valence-electron chi connectivity index (χ2n) is 11.0. The van der Waals surface area contributed by atoms with E-state index in [1.807, 2.05) is 0 Å². The summed E-state index contributed by atoms with van der Waals surface area (Å²) < 4.78 is 11.1. The fourth-order valence-corrected chi connectivity index (χ4v) is 4.97. The molecule has 0 aromatic rings. The molecule has 0 heterocycles. The van der Waals surface area contributed by atoms with E-state index in [0.717, 1.165) is 50.9 Å². The van der Waals surface area contributed by atoms with Crippen LogP contribution in [0.15, 0.2) is 0 Å². The van der Waals surface area contributed by atoms with E-state index in [9.17, 15) is 9.59 Å². The molecule has 1 aliphatic rings. The molecule has 0 aromatic heterocycles. The second kappa shape index (κ2) is 21.2. The van der Waals surface area contributed by atoms with Gasteiger partial charge in [0.15, 0.2) is 0 Å². The Morgan fingerprint density at radius 3 is 1.50 bits per heavy atom.